The number of methoxy groups -OCH3 is 1. The number of fused-ring (bicyclic) bond motifs is 1. The number of hydrogen-bond acceptors (Lipinski definition) is 6. The molecule has 0 saturated carbocycles. The number of nitro groups is 1. The molecule has 1 aromatic heterocycles. The Morgan fingerprint density at radius 1 is 1.35 bits per heavy atom. The van der Waals surface area contributed by atoms with E-state index in [2.05, 4.69) is 15.3 Å². The number of nitrogens with zero attached hydrogens (tertiary/aromatic N) is 2. The monoisotopic (exact) mass is 372 g/mol. The average molecular weight is 372 g/mol. The molecule has 1 amide bonds. The molecule has 0 aliphatic heterocycles. The normalized spacial score (nSPS) is 10.7. The van der Waals surface area contributed by atoms with E-state index in [-0.39, 0.29) is 23.1 Å². The summed E-state index contributed by atoms with van der Waals surface area (Å²) in [6.45, 7) is 2.00. The van der Waals surface area contributed by atoms with Crippen LogP contribution in [0.5, 0.6) is 5.75 Å². The summed E-state index contributed by atoms with van der Waals surface area (Å²) in [5.74, 6) is 0.106. The van der Waals surface area contributed by atoms with E-state index in [0.29, 0.717) is 10.8 Å². The van der Waals surface area contributed by atoms with Crippen LogP contribution in [0.3, 0.4) is 0 Å². The van der Waals surface area contributed by atoms with E-state index in [4.69, 9.17) is 4.74 Å². The van der Waals surface area contributed by atoms with Crippen LogP contribution in [0.4, 0.5) is 11.4 Å². The molecular weight excluding hydrogens is 356 g/mol. The molecule has 2 N–H and O–H groups in total. The van der Waals surface area contributed by atoms with Crippen molar-refractivity contribution in [3.63, 3.8) is 0 Å². The molecule has 26 heavy (non-hydrogen) atoms. The van der Waals surface area contributed by atoms with Crippen molar-refractivity contribution in [2.45, 2.75) is 12.1 Å². The van der Waals surface area contributed by atoms with Crippen LogP contribution in [0.25, 0.3) is 11.0 Å². The van der Waals surface area contributed by atoms with Gasteiger partial charge in [0.25, 0.3) is 5.69 Å². The Labute approximate surface area is 153 Å². The second-order valence-corrected chi connectivity index (χ2v) is 6.51. The third kappa shape index (κ3) is 3.94. The lowest BCUT2D eigenvalue weighted by molar-refractivity contribution is -0.384. The smallest absolute Gasteiger partial charge is 0.273 e. The Balaban J connectivity index is 1.65. The zero-order chi connectivity index (χ0) is 18.7. The molecule has 3 aromatic rings. The molecule has 2 aromatic carbocycles. The third-order valence-corrected chi connectivity index (χ3v) is 4.50. The van der Waals surface area contributed by atoms with Gasteiger partial charge in [0, 0.05) is 6.07 Å². The molecule has 0 aliphatic rings. The van der Waals surface area contributed by atoms with Crippen molar-refractivity contribution in [2.24, 2.45) is 0 Å². The van der Waals surface area contributed by atoms with Crippen LogP contribution >= 0.6 is 11.8 Å². The van der Waals surface area contributed by atoms with E-state index in [1.807, 2.05) is 25.1 Å². The number of carbonyl (C=O) groups excluding carboxylic acids is 1. The van der Waals surface area contributed by atoms with Crippen LogP contribution in [0.15, 0.2) is 41.6 Å². The maximum absolute atomic E-state index is 12.2. The molecule has 0 bridgehead atoms. The number of non-ortho nitro benzene ring substituents is 1. The van der Waals surface area contributed by atoms with Crippen molar-refractivity contribution in [2.75, 3.05) is 18.2 Å². The Morgan fingerprint density at radius 2 is 2.15 bits per heavy atom. The number of rotatable bonds is 6. The molecule has 0 radical (unpaired) electrons. The fourth-order valence-corrected chi connectivity index (χ4v) is 3.07. The number of nitrogens with one attached hydrogen (secondary N) is 2. The number of amides is 1. The van der Waals surface area contributed by atoms with Crippen molar-refractivity contribution < 1.29 is 14.5 Å². The summed E-state index contributed by atoms with van der Waals surface area (Å²) in [6.07, 6.45) is 0. The lowest BCUT2D eigenvalue weighted by Crippen LogP contribution is -2.14. The van der Waals surface area contributed by atoms with Crippen LogP contribution in [-0.2, 0) is 4.79 Å². The highest BCUT2D eigenvalue weighted by molar-refractivity contribution is 7.99. The van der Waals surface area contributed by atoms with E-state index < -0.39 is 4.92 Å². The summed E-state index contributed by atoms with van der Waals surface area (Å²) in [4.78, 5) is 30.1. The van der Waals surface area contributed by atoms with Gasteiger partial charge in [0.05, 0.1) is 40.6 Å². The minimum Gasteiger partial charge on any atom is -0.494 e. The lowest BCUT2D eigenvalue weighted by Gasteiger charge is -2.09. The minimum atomic E-state index is -0.521. The van der Waals surface area contributed by atoms with Gasteiger partial charge in [-0.05, 0) is 30.7 Å². The largest absolute Gasteiger partial charge is 0.494 e. The quantitative estimate of drug-likeness (QED) is 0.389. The summed E-state index contributed by atoms with van der Waals surface area (Å²) in [7, 11) is 1.39. The maximum atomic E-state index is 12.2. The summed E-state index contributed by atoms with van der Waals surface area (Å²) in [5.41, 5.74) is 3.16. The average Bonchev–Trinajstić information content (AvgIpc) is 3.02. The van der Waals surface area contributed by atoms with Crippen LogP contribution in [0.1, 0.15) is 5.56 Å². The number of hydrogen-bond donors (Lipinski definition) is 2. The van der Waals surface area contributed by atoms with Crippen molar-refractivity contribution in [1.82, 2.24) is 9.97 Å². The van der Waals surface area contributed by atoms with Gasteiger partial charge in [-0.25, -0.2) is 4.98 Å². The van der Waals surface area contributed by atoms with Gasteiger partial charge in [0.2, 0.25) is 5.91 Å². The molecule has 8 nitrogen and oxygen atoms in total. The molecule has 0 saturated heterocycles. The number of thioether (sulfide) groups is 1. The van der Waals surface area contributed by atoms with Crippen molar-refractivity contribution >= 4 is 40.1 Å². The lowest BCUT2D eigenvalue weighted by atomic mass is 10.2. The molecule has 0 fully saturated rings. The van der Waals surface area contributed by atoms with Crippen LogP contribution < -0.4 is 10.1 Å². The summed E-state index contributed by atoms with van der Waals surface area (Å²) >= 11 is 1.27. The first kappa shape index (κ1) is 17.7. The van der Waals surface area contributed by atoms with Gasteiger partial charge in [0.15, 0.2) is 5.16 Å². The second kappa shape index (κ2) is 7.44. The number of carbonyl (C=O) groups is 1. The summed E-state index contributed by atoms with van der Waals surface area (Å²) < 4.78 is 5.11. The van der Waals surface area contributed by atoms with Crippen molar-refractivity contribution in [1.29, 1.82) is 0 Å². The van der Waals surface area contributed by atoms with Crippen molar-refractivity contribution in [3.8, 4) is 5.75 Å². The summed E-state index contributed by atoms with van der Waals surface area (Å²) in [6, 6.07) is 9.92. The number of anilines is 1. The number of benzene rings is 2. The van der Waals surface area contributed by atoms with Gasteiger partial charge in [-0.1, -0.05) is 17.8 Å². The zero-order valence-corrected chi connectivity index (χ0v) is 14.9. The van der Waals surface area contributed by atoms with Gasteiger partial charge in [-0.15, -0.1) is 0 Å². The fraction of sp³-hybridized carbons (Fsp3) is 0.176. The highest BCUT2D eigenvalue weighted by Crippen LogP contribution is 2.29. The van der Waals surface area contributed by atoms with Gasteiger partial charge in [-0.2, -0.15) is 0 Å². The number of aryl methyl sites for hydroxylation is 1. The van der Waals surface area contributed by atoms with Gasteiger partial charge in [0.1, 0.15) is 5.75 Å². The molecule has 0 aliphatic carbocycles. The third-order valence-electron chi connectivity index (χ3n) is 3.63. The number of H-pyrrole nitrogens is 1. The van der Waals surface area contributed by atoms with Crippen LogP contribution in [0, 0.1) is 17.0 Å². The molecule has 0 spiro atoms. The first-order chi connectivity index (χ1) is 12.5. The number of aromatic amines is 1. The van der Waals surface area contributed by atoms with Crippen LogP contribution in [0.2, 0.25) is 0 Å². The minimum absolute atomic E-state index is 0.105. The highest BCUT2D eigenvalue weighted by atomic mass is 32.2. The van der Waals surface area contributed by atoms with E-state index in [9.17, 15) is 14.9 Å². The number of aromatic nitrogens is 2. The zero-order valence-electron chi connectivity index (χ0n) is 14.1. The number of imidazole rings is 1. The Bertz CT molecular complexity index is 986. The topological polar surface area (TPSA) is 110 Å². The maximum Gasteiger partial charge on any atom is 0.273 e. The van der Waals surface area contributed by atoms with Gasteiger partial charge < -0.3 is 15.0 Å². The predicted octanol–water partition coefficient (Wildman–Crippen LogP) is 3.52. The Kier molecular flexibility index (Phi) is 5.08. The number of ether oxygens (including phenoxy) is 1. The number of nitro benzene ring substituents is 1. The first-order valence-corrected chi connectivity index (χ1v) is 8.66. The van der Waals surface area contributed by atoms with E-state index in [1.165, 1.54) is 37.1 Å². The molecule has 0 atom stereocenters. The van der Waals surface area contributed by atoms with Crippen molar-refractivity contribution in [3.05, 3.63) is 52.1 Å². The molecule has 134 valence electrons. The van der Waals surface area contributed by atoms with E-state index in [0.717, 1.165) is 16.6 Å². The molecule has 0 unspecified atom stereocenters. The predicted molar refractivity (Wildman–Crippen MR) is 99.8 cm³/mol. The first-order valence-electron chi connectivity index (χ1n) is 7.67. The Hall–Kier alpha value is -3.07. The van der Waals surface area contributed by atoms with E-state index >= 15 is 0 Å². The standard InChI is InChI=1S/C17H16N4O4S/c1-10-3-5-12-14(7-10)20-17(19-12)26-9-16(22)18-13-6-4-11(21(23)24)8-15(13)25-2/h3-8H,9H2,1-2H3,(H,18,22)(H,19,20). The molecular formula is C17H16N4O4S. The molecule has 1 heterocycles. The molecule has 3 rings (SSSR count). The SMILES string of the molecule is COc1cc([N+](=O)[O-])ccc1NC(=O)CSc1nc2ccc(C)cc2[nH]1. The van der Waals surface area contributed by atoms with E-state index in [1.54, 1.807) is 0 Å². The van der Waals surface area contributed by atoms with Gasteiger partial charge >= 0.3 is 0 Å². The highest BCUT2D eigenvalue weighted by Gasteiger charge is 2.14. The second-order valence-electron chi connectivity index (χ2n) is 5.54. The van der Waals surface area contributed by atoms with Crippen LogP contribution in [-0.4, -0.2) is 33.7 Å². The Morgan fingerprint density at radius 3 is 2.88 bits per heavy atom. The fourth-order valence-electron chi connectivity index (χ4n) is 2.39. The van der Waals surface area contributed by atoms with Gasteiger partial charge in [-0.3, -0.25) is 14.9 Å². The summed E-state index contributed by atoms with van der Waals surface area (Å²) in [5, 5.41) is 14.1. The molecule has 9 heteroatoms.